The zero-order valence-corrected chi connectivity index (χ0v) is 18.8. The maximum Gasteiger partial charge on any atom is 0.310 e. The summed E-state index contributed by atoms with van der Waals surface area (Å²) in [6.45, 7) is 0. The van der Waals surface area contributed by atoms with Gasteiger partial charge in [-0.2, -0.15) is 0 Å². The molecule has 3 aromatic carbocycles. The highest BCUT2D eigenvalue weighted by Crippen LogP contribution is 2.34. The Kier molecular flexibility index (Phi) is 6.68. The Morgan fingerprint density at radius 1 is 0.909 bits per heavy atom. The molecule has 4 nitrogen and oxygen atoms in total. The lowest BCUT2D eigenvalue weighted by Crippen LogP contribution is -2.04. The summed E-state index contributed by atoms with van der Waals surface area (Å²) >= 11 is 1.36. The van der Waals surface area contributed by atoms with Crippen molar-refractivity contribution in [3.63, 3.8) is 0 Å². The third-order valence-corrected chi connectivity index (χ3v) is 6.29. The lowest BCUT2D eigenvalue weighted by atomic mass is 10.0. The van der Waals surface area contributed by atoms with Crippen LogP contribution in [0.3, 0.4) is 0 Å². The number of methoxy groups -OCH3 is 1. The van der Waals surface area contributed by atoms with E-state index in [0.29, 0.717) is 21.7 Å². The SMILES string of the molecule is COC(=O)Cc1cc(C(=O)c2ccc(C#Cc3ccccc3)c(N)c2)sc1-c1ccccc1. The van der Waals surface area contributed by atoms with E-state index in [9.17, 15) is 9.59 Å². The molecule has 162 valence electrons. The maximum absolute atomic E-state index is 13.2. The highest BCUT2D eigenvalue weighted by atomic mass is 32.1. The van der Waals surface area contributed by atoms with E-state index in [1.165, 1.54) is 18.4 Å². The van der Waals surface area contributed by atoms with E-state index in [-0.39, 0.29) is 18.2 Å². The van der Waals surface area contributed by atoms with Crippen LogP contribution in [0.25, 0.3) is 10.4 Å². The minimum absolute atomic E-state index is 0.0979. The van der Waals surface area contributed by atoms with E-state index in [0.717, 1.165) is 21.6 Å². The molecule has 2 N–H and O–H groups in total. The number of hydrogen-bond acceptors (Lipinski definition) is 5. The van der Waals surface area contributed by atoms with Crippen molar-refractivity contribution < 1.29 is 14.3 Å². The quantitative estimate of drug-likeness (QED) is 0.192. The van der Waals surface area contributed by atoms with Crippen molar-refractivity contribution >= 4 is 28.8 Å². The zero-order valence-electron chi connectivity index (χ0n) is 18.0. The summed E-state index contributed by atoms with van der Waals surface area (Å²) in [5, 5.41) is 0. The average molecular weight is 452 g/mol. The van der Waals surface area contributed by atoms with Gasteiger partial charge in [-0.15, -0.1) is 11.3 Å². The second kappa shape index (κ2) is 9.99. The van der Waals surface area contributed by atoms with E-state index in [2.05, 4.69) is 11.8 Å². The molecule has 1 aromatic heterocycles. The first-order chi connectivity index (χ1) is 16.0. The lowest BCUT2D eigenvalue weighted by molar-refractivity contribution is -0.139. The van der Waals surface area contributed by atoms with Gasteiger partial charge in [0.25, 0.3) is 0 Å². The number of ketones is 1. The molecule has 0 aliphatic carbocycles. The predicted molar refractivity (Wildman–Crippen MR) is 132 cm³/mol. The van der Waals surface area contributed by atoms with Crippen LogP contribution in [-0.4, -0.2) is 18.9 Å². The minimum atomic E-state index is -0.352. The largest absolute Gasteiger partial charge is 0.469 e. The highest BCUT2D eigenvalue weighted by molar-refractivity contribution is 7.17. The molecule has 33 heavy (non-hydrogen) atoms. The number of nitrogen functional groups attached to an aromatic ring is 1. The second-order valence-electron chi connectivity index (χ2n) is 7.33. The molecule has 4 aromatic rings. The van der Waals surface area contributed by atoms with Crippen LogP contribution in [0.15, 0.2) is 84.9 Å². The number of hydrogen-bond donors (Lipinski definition) is 1. The summed E-state index contributed by atoms with van der Waals surface area (Å²) in [5.41, 5.74) is 10.4. The third kappa shape index (κ3) is 5.20. The molecule has 0 atom stereocenters. The molecule has 1 heterocycles. The van der Waals surface area contributed by atoms with Gasteiger partial charge in [-0.1, -0.05) is 60.4 Å². The first-order valence-corrected chi connectivity index (χ1v) is 11.1. The standard InChI is InChI=1S/C28H21NO3S/c1-32-26(30)18-23-17-25(33-28(23)21-10-6-3-7-11-21)27(31)22-15-14-20(24(29)16-22)13-12-19-8-4-2-5-9-19/h2-11,14-17H,18,29H2,1H3. The number of anilines is 1. The van der Waals surface area contributed by atoms with Crippen molar-refractivity contribution in [2.24, 2.45) is 0 Å². The van der Waals surface area contributed by atoms with Crippen molar-refractivity contribution in [3.05, 3.63) is 112 Å². The first-order valence-electron chi connectivity index (χ1n) is 10.3. The summed E-state index contributed by atoms with van der Waals surface area (Å²) < 4.78 is 4.83. The molecular formula is C28H21NO3S. The smallest absolute Gasteiger partial charge is 0.310 e. The van der Waals surface area contributed by atoms with Gasteiger partial charge in [-0.3, -0.25) is 9.59 Å². The van der Waals surface area contributed by atoms with Crippen molar-refractivity contribution in [2.45, 2.75) is 6.42 Å². The molecule has 0 saturated carbocycles. The van der Waals surface area contributed by atoms with Crippen LogP contribution in [0.2, 0.25) is 0 Å². The lowest BCUT2D eigenvalue weighted by Gasteiger charge is -2.03. The fraction of sp³-hybridized carbons (Fsp3) is 0.0714. The average Bonchev–Trinajstić information content (AvgIpc) is 3.27. The van der Waals surface area contributed by atoms with Gasteiger partial charge in [0.1, 0.15) is 0 Å². The molecule has 0 amide bonds. The Morgan fingerprint density at radius 2 is 1.61 bits per heavy atom. The monoisotopic (exact) mass is 451 g/mol. The predicted octanol–water partition coefficient (Wildman–Crippen LogP) is 5.34. The molecule has 0 saturated heterocycles. The Morgan fingerprint density at radius 3 is 2.27 bits per heavy atom. The van der Waals surface area contributed by atoms with E-state index < -0.39 is 0 Å². The normalized spacial score (nSPS) is 10.2. The van der Waals surface area contributed by atoms with Crippen LogP contribution >= 0.6 is 11.3 Å². The van der Waals surface area contributed by atoms with Crippen LogP contribution in [0.1, 0.15) is 31.9 Å². The van der Waals surface area contributed by atoms with Crippen molar-refractivity contribution in [1.82, 2.24) is 0 Å². The number of carbonyl (C=O) groups excluding carboxylic acids is 2. The fourth-order valence-electron chi connectivity index (χ4n) is 3.35. The van der Waals surface area contributed by atoms with Crippen LogP contribution in [-0.2, 0) is 16.0 Å². The number of benzene rings is 3. The molecule has 0 bridgehead atoms. The number of rotatable bonds is 5. The summed E-state index contributed by atoms with van der Waals surface area (Å²) in [6, 6.07) is 26.2. The second-order valence-corrected chi connectivity index (χ2v) is 8.38. The Balaban J connectivity index is 1.64. The Bertz CT molecular complexity index is 1360. The molecule has 0 spiro atoms. The molecule has 0 fully saturated rings. The molecule has 0 aliphatic heterocycles. The number of carbonyl (C=O) groups is 2. The van der Waals surface area contributed by atoms with Gasteiger partial charge in [-0.25, -0.2) is 0 Å². The van der Waals surface area contributed by atoms with E-state index >= 15 is 0 Å². The van der Waals surface area contributed by atoms with Crippen molar-refractivity contribution in [3.8, 4) is 22.3 Å². The summed E-state index contributed by atoms with van der Waals surface area (Å²) in [6.07, 6.45) is 0.0979. The van der Waals surface area contributed by atoms with Gasteiger partial charge in [0.2, 0.25) is 5.78 Å². The van der Waals surface area contributed by atoms with Gasteiger partial charge in [-0.05, 0) is 47.5 Å². The Hall–Kier alpha value is -4.14. The van der Waals surface area contributed by atoms with E-state index in [1.807, 2.05) is 60.7 Å². The third-order valence-electron chi connectivity index (χ3n) is 5.06. The highest BCUT2D eigenvalue weighted by Gasteiger charge is 2.19. The molecule has 0 aliphatic rings. The summed E-state index contributed by atoms with van der Waals surface area (Å²) in [7, 11) is 1.36. The molecule has 5 heteroatoms. The molecule has 0 unspecified atom stereocenters. The van der Waals surface area contributed by atoms with Gasteiger partial charge in [0, 0.05) is 27.3 Å². The molecule has 4 rings (SSSR count). The van der Waals surface area contributed by atoms with Gasteiger partial charge in [0.15, 0.2) is 0 Å². The topological polar surface area (TPSA) is 69.4 Å². The van der Waals surface area contributed by atoms with Crippen LogP contribution in [0.5, 0.6) is 0 Å². The summed E-state index contributed by atoms with van der Waals surface area (Å²) in [4.78, 5) is 26.6. The van der Waals surface area contributed by atoms with Crippen LogP contribution < -0.4 is 5.73 Å². The van der Waals surface area contributed by atoms with E-state index in [4.69, 9.17) is 10.5 Å². The first kappa shape index (κ1) is 22.1. The van der Waals surface area contributed by atoms with Gasteiger partial charge in [0.05, 0.1) is 18.4 Å². The van der Waals surface area contributed by atoms with Crippen LogP contribution in [0, 0.1) is 11.8 Å². The van der Waals surface area contributed by atoms with Gasteiger partial charge >= 0.3 is 5.97 Å². The minimum Gasteiger partial charge on any atom is -0.469 e. The molecular weight excluding hydrogens is 430 g/mol. The van der Waals surface area contributed by atoms with Crippen LogP contribution in [0.4, 0.5) is 5.69 Å². The number of thiophene rings is 1. The number of esters is 1. The number of ether oxygens (including phenoxy) is 1. The fourth-order valence-corrected chi connectivity index (χ4v) is 4.50. The maximum atomic E-state index is 13.2. The van der Waals surface area contributed by atoms with Crippen molar-refractivity contribution in [1.29, 1.82) is 0 Å². The van der Waals surface area contributed by atoms with E-state index in [1.54, 1.807) is 24.3 Å². The summed E-state index contributed by atoms with van der Waals surface area (Å²) in [5.74, 6) is 5.64. The number of nitrogens with two attached hydrogens (primary N) is 1. The van der Waals surface area contributed by atoms with Crippen molar-refractivity contribution in [2.75, 3.05) is 12.8 Å². The Labute approximate surface area is 196 Å². The zero-order chi connectivity index (χ0) is 23.2. The van der Waals surface area contributed by atoms with Gasteiger partial charge < -0.3 is 10.5 Å². The molecule has 0 radical (unpaired) electrons.